The van der Waals surface area contributed by atoms with Crippen LogP contribution in [-0.2, 0) is 25.1 Å². The number of allylic oxidation sites excluding steroid dienone is 1. The maximum Gasteiger partial charge on any atom is 0.263 e. The fraction of sp³-hybridized carbons (Fsp3) is 0.333. The molecule has 0 fully saturated rings. The van der Waals surface area contributed by atoms with E-state index in [4.69, 9.17) is 4.98 Å². The van der Waals surface area contributed by atoms with Gasteiger partial charge in [0.05, 0.1) is 5.39 Å². The summed E-state index contributed by atoms with van der Waals surface area (Å²) in [6, 6.07) is 10.3. The Hall–Kier alpha value is -1.85. The molecule has 0 amide bonds. The van der Waals surface area contributed by atoms with Crippen LogP contribution in [0.2, 0.25) is 0 Å². The average molecular weight is 383 g/mol. The highest BCUT2D eigenvalue weighted by Crippen LogP contribution is 2.35. The van der Waals surface area contributed by atoms with Crippen molar-refractivity contribution in [2.24, 2.45) is 0 Å². The van der Waals surface area contributed by atoms with E-state index in [1.165, 1.54) is 28.8 Å². The zero-order chi connectivity index (χ0) is 18.1. The molecule has 0 unspecified atom stereocenters. The molecule has 1 aliphatic rings. The van der Waals surface area contributed by atoms with Gasteiger partial charge >= 0.3 is 0 Å². The highest BCUT2D eigenvalue weighted by Gasteiger charge is 2.22. The van der Waals surface area contributed by atoms with Crippen LogP contribution in [0.25, 0.3) is 10.2 Å². The van der Waals surface area contributed by atoms with Gasteiger partial charge in [-0.1, -0.05) is 54.2 Å². The summed E-state index contributed by atoms with van der Waals surface area (Å²) >= 11 is 3.35. The van der Waals surface area contributed by atoms with Crippen molar-refractivity contribution in [2.75, 3.05) is 0 Å². The lowest BCUT2D eigenvalue weighted by Gasteiger charge is -2.13. The van der Waals surface area contributed by atoms with Crippen molar-refractivity contribution in [3.05, 3.63) is 68.8 Å². The summed E-state index contributed by atoms with van der Waals surface area (Å²) in [5.41, 5.74) is 3.56. The van der Waals surface area contributed by atoms with Crippen LogP contribution in [0, 0.1) is 0 Å². The van der Waals surface area contributed by atoms with E-state index in [0.29, 0.717) is 6.54 Å². The Morgan fingerprint density at radius 3 is 2.81 bits per heavy atom. The van der Waals surface area contributed by atoms with E-state index in [1.807, 2.05) is 29.7 Å². The summed E-state index contributed by atoms with van der Waals surface area (Å²) in [7, 11) is 0. The molecule has 5 heteroatoms. The van der Waals surface area contributed by atoms with Crippen LogP contribution >= 0.6 is 23.1 Å². The van der Waals surface area contributed by atoms with Gasteiger partial charge in [-0.15, -0.1) is 11.3 Å². The number of rotatable bonds is 5. The van der Waals surface area contributed by atoms with Gasteiger partial charge in [-0.2, -0.15) is 0 Å². The van der Waals surface area contributed by atoms with E-state index in [0.717, 1.165) is 39.5 Å². The van der Waals surface area contributed by atoms with E-state index in [1.54, 1.807) is 23.1 Å². The van der Waals surface area contributed by atoms with Crippen LogP contribution in [0.5, 0.6) is 0 Å². The molecule has 0 aliphatic heterocycles. The van der Waals surface area contributed by atoms with Crippen LogP contribution < -0.4 is 5.56 Å². The van der Waals surface area contributed by atoms with Crippen LogP contribution in [-0.4, -0.2) is 9.55 Å². The van der Waals surface area contributed by atoms with Gasteiger partial charge in [-0.05, 0) is 43.7 Å². The molecule has 0 saturated carbocycles. The smallest absolute Gasteiger partial charge is 0.263 e. The summed E-state index contributed by atoms with van der Waals surface area (Å²) < 4.78 is 1.82. The topological polar surface area (TPSA) is 34.9 Å². The molecule has 0 N–H and O–H groups in total. The maximum absolute atomic E-state index is 13.3. The van der Waals surface area contributed by atoms with Gasteiger partial charge in [0.25, 0.3) is 5.56 Å². The first kappa shape index (κ1) is 17.6. The number of nitrogens with zero attached hydrogens (tertiary/aromatic N) is 2. The minimum Gasteiger partial charge on any atom is -0.283 e. The fourth-order valence-electron chi connectivity index (χ4n) is 3.46. The molecule has 0 radical (unpaired) electrons. The van der Waals surface area contributed by atoms with E-state index < -0.39 is 0 Å². The van der Waals surface area contributed by atoms with Crippen molar-refractivity contribution in [3.8, 4) is 0 Å². The van der Waals surface area contributed by atoms with E-state index >= 15 is 0 Å². The number of aromatic nitrogens is 2. The molecule has 4 rings (SSSR count). The molecule has 2 aromatic heterocycles. The predicted octanol–water partition coefficient (Wildman–Crippen LogP) is 5.21. The number of thiophene rings is 1. The second kappa shape index (κ2) is 7.41. The third-order valence-corrected chi connectivity index (χ3v) is 6.91. The lowest BCUT2D eigenvalue weighted by Crippen LogP contribution is -2.24. The van der Waals surface area contributed by atoms with Gasteiger partial charge in [0.2, 0.25) is 0 Å². The molecule has 0 bridgehead atoms. The van der Waals surface area contributed by atoms with Gasteiger partial charge < -0.3 is 0 Å². The number of hydrogen-bond donors (Lipinski definition) is 0. The van der Waals surface area contributed by atoms with E-state index in [2.05, 4.69) is 18.7 Å². The Morgan fingerprint density at radius 2 is 2.04 bits per heavy atom. The molecule has 0 spiro atoms. The summed E-state index contributed by atoms with van der Waals surface area (Å²) in [5, 5.41) is 1.66. The highest BCUT2D eigenvalue weighted by molar-refractivity contribution is 7.98. The third kappa shape index (κ3) is 3.38. The summed E-state index contributed by atoms with van der Waals surface area (Å²) in [5.74, 6) is 0.806. The first-order valence-corrected chi connectivity index (χ1v) is 10.8. The molecule has 1 aromatic carbocycles. The van der Waals surface area contributed by atoms with Crippen molar-refractivity contribution in [3.63, 3.8) is 0 Å². The first-order chi connectivity index (χ1) is 12.6. The second-order valence-corrected chi connectivity index (χ2v) is 8.93. The molecule has 3 nitrogen and oxygen atoms in total. The van der Waals surface area contributed by atoms with Crippen molar-refractivity contribution in [2.45, 2.75) is 50.1 Å². The van der Waals surface area contributed by atoms with Gasteiger partial charge in [0, 0.05) is 17.2 Å². The minimum atomic E-state index is 0.105. The van der Waals surface area contributed by atoms with Crippen LogP contribution in [0.4, 0.5) is 0 Å². The lowest BCUT2D eigenvalue weighted by atomic mass is 9.97. The Bertz CT molecular complexity index is 1020. The molecule has 3 aromatic rings. The van der Waals surface area contributed by atoms with Crippen LogP contribution in [0.15, 0.2) is 52.4 Å². The van der Waals surface area contributed by atoms with E-state index in [-0.39, 0.29) is 5.56 Å². The third-order valence-electron chi connectivity index (χ3n) is 4.68. The van der Waals surface area contributed by atoms with Gasteiger partial charge in [0.15, 0.2) is 5.16 Å². The Balaban J connectivity index is 1.79. The van der Waals surface area contributed by atoms with Crippen molar-refractivity contribution in [1.29, 1.82) is 0 Å². The normalized spacial score (nSPS) is 13.7. The zero-order valence-electron chi connectivity index (χ0n) is 15.0. The Morgan fingerprint density at radius 1 is 1.27 bits per heavy atom. The molecular formula is C21H22N2OS2. The molecule has 134 valence electrons. The first-order valence-electron chi connectivity index (χ1n) is 8.99. The lowest BCUT2D eigenvalue weighted by molar-refractivity contribution is 0.649. The zero-order valence-corrected chi connectivity index (χ0v) is 16.6. The van der Waals surface area contributed by atoms with Crippen LogP contribution in [0.1, 0.15) is 35.8 Å². The predicted molar refractivity (Wildman–Crippen MR) is 111 cm³/mol. The second-order valence-electron chi connectivity index (χ2n) is 6.91. The van der Waals surface area contributed by atoms with Gasteiger partial charge in [-0.25, -0.2) is 4.98 Å². The summed E-state index contributed by atoms with van der Waals surface area (Å²) in [6.07, 6.45) is 4.48. The monoisotopic (exact) mass is 382 g/mol. The number of aryl methyl sites for hydroxylation is 2. The maximum atomic E-state index is 13.3. The fourth-order valence-corrected chi connectivity index (χ4v) is 5.72. The summed E-state index contributed by atoms with van der Waals surface area (Å²) in [6.45, 7) is 6.51. The molecular weight excluding hydrogens is 360 g/mol. The largest absolute Gasteiger partial charge is 0.283 e. The number of benzene rings is 1. The van der Waals surface area contributed by atoms with Crippen LogP contribution in [0.3, 0.4) is 0 Å². The minimum absolute atomic E-state index is 0.105. The number of hydrogen-bond acceptors (Lipinski definition) is 4. The quantitative estimate of drug-likeness (QED) is 0.345. The number of thioether (sulfide) groups is 1. The molecule has 0 saturated heterocycles. The molecule has 1 aliphatic carbocycles. The molecule has 26 heavy (non-hydrogen) atoms. The average Bonchev–Trinajstić information content (AvgIpc) is 3.01. The van der Waals surface area contributed by atoms with Gasteiger partial charge in [-0.3, -0.25) is 9.36 Å². The van der Waals surface area contributed by atoms with Crippen molar-refractivity contribution >= 4 is 33.3 Å². The molecule has 2 heterocycles. The summed E-state index contributed by atoms with van der Waals surface area (Å²) in [4.78, 5) is 20.5. The van der Waals surface area contributed by atoms with E-state index in [9.17, 15) is 4.79 Å². The SMILES string of the molecule is C=C(C)Cn1c(SCc2ccccc2)nc2sc3c(c2c1=O)CCCC3. The number of fused-ring (bicyclic) bond motifs is 3. The highest BCUT2D eigenvalue weighted by atomic mass is 32.2. The Labute approximate surface area is 161 Å². The van der Waals surface area contributed by atoms with Crippen molar-refractivity contribution < 1.29 is 0 Å². The van der Waals surface area contributed by atoms with Crippen molar-refractivity contribution in [1.82, 2.24) is 9.55 Å². The standard InChI is InChI=1S/C21H22N2OS2/c1-14(2)12-23-20(24)18-16-10-6-7-11-17(16)26-19(18)22-21(23)25-13-15-8-4-3-5-9-15/h3-5,8-9H,1,6-7,10-13H2,2H3. The Kier molecular flexibility index (Phi) is 5.00. The molecule has 0 atom stereocenters. The van der Waals surface area contributed by atoms with Gasteiger partial charge in [0.1, 0.15) is 4.83 Å².